The fourth-order valence-electron chi connectivity index (χ4n) is 15.7. The van der Waals surface area contributed by atoms with Gasteiger partial charge in [-0.05, 0) is 201 Å². The maximum Gasteiger partial charge on any atom is 0.205 e. The number of hydrogen-bond acceptors (Lipinski definition) is 7. The first-order valence-electron chi connectivity index (χ1n) is 35.2. The van der Waals surface area contributed by atoms with E-state index >= 15 is 4.79 Å². The molecule has 2 aromatic heterocycles. The molecule has 0 amide bonds. The summed E-state index contributed by atoms with van der Waals surface area (Å²) in [6.45, 7) is 17.0. The molecule has 95 heavy (non-hydrogen) atoms. The number of hydrogen-bond donors (Lipinski definition) is 0. The average Bonchev–Trinajstić information content (AvgIpc) is 1.51. The van der Waals surface area contributed by atoms with Crippen molar-refractivity contribution in [2.75, 3.05) is 19.0 Å². The Labute approximate surface area is 573 Å². The third kappa shape index (κ3) is 12.5. The summed E-state index contributed by atoms with van der Waals surface area (Å²) in [7, 11) is 4.20. The molecule has 0 spiro atoms. The minimum atomic E-state index is -0.889. The molecule has 0 N–H and O–H groups in total. The van der Waals surface area contributed by atoms with Crippen molar-refractivity contribution in [1.29, 1.82) is 15.8 Å². The van der Waals surface area contributed by atoms with E-state index in [1.165, 1.54) is 165 Å². The van der Waals surface area contributed by atoms with Crippen LogP contribution in [0.5, 0.6) is 0 Å². The second-order valence-corrected chi connectivity index (χ2v) is 29.2. The Hall–Kier alpha value is -8.89. The fraction of sp³-hybridized carbons (Fsp3) is 0.345. The number of aryl methyl sites for hydroxylation is 4. The summed E-state index contributed by atoms with van der Waals surface area (Å²) in [4.78, 5) is 25.5. The standard InChI is InChI=1S/C87H87N5OS2/c1-8-12-16-20-24-58-28-38-65(39-29-58)86(66-40-30-59(31-41-66)25-21-17-13-9-2)76-52-74-77(51-73(76)84-78(86)50-70(94-84)49-75-82(64(56-89)57-90)71-48-63(55-88)80(91-5)53-72(71)83(75)93)87(67-42-32-60(33-43-67)26-22-18-14-10-3,68-44-34-61(35-45-68)27-23-19-15-11-4)79-54-81(95-85(74)79)62-36-46-69(47-37-62)92(6)7/h28-48,50-54,75H,8-27,49H2,1-4,6-7H3. The number of Topliss-reactive ketones (excluding diaryl/α,β-unsaturated/α-hetero) is 1. The van der Waals surface area contributed by atoms with E-state index in [1.807, 2.05) is 11.3 Å². The summed E-state index contributed by atoms with van der Waals surface area (Å²) in [6.07, 6.45) is 23.5. The van der Waals surface area contributed by atoms with Crippen molar-refractivity contribution < 1.29 is 4.79 Å². The first kappa shape index (κ1) is 66.1. The van der Waals surface area contributed by atoms with Crippen LogP contribution >= 0.6 is 22.7 Å². The lowest BCUT2D eigenvalue weighted by Gasteiger charge is -2.36. The van der Waals surface area contributed by atoms with Crippen molar-refractivity contribution in [2.45, 2.75) is 173 Å². The Morgan fingerprint density at radius 1 is 0.484 bits per heavy atom. The number of anilines is 1. The highest BCUT2D eigenvalue weighted by atomic mass is 32.1. The summed E-state index contributed by atoms with van der Waals surface area (Å²) in [5, 5.41) is 31.5. The summed E-state index contributed by atoms with van der Waals surface area (Å²) in [6, 6.07) is 66.9. The number of carbonyl (C=O) groups is 1. The molecule has 6 nitrogen and oxygen atoms in total. The minimum absolute atomic E-state index is 0.0788. The van der Waals surface area contributed by atoms with E-state index in [4.69, 9.17) is 6.57 Å². The van der Waals surface area contributed by atoms with Gasteiger partial charge in [-0.25, -0.2) is 4.85 Å². The van der Waals surface area contributed by atoms with Gasteiger partial charge >= 0.3 is 0 Å². The summed E-state index contributed by atoms with van der Waals surface area (Å²) in [5.41, 5.74) is 19.4. The van der Waals surface area contributed by atoms with Crippen molar-refractivity contribution >= 4 is 45.4 Å². The molecule has 3 aliphatic rings. The van der Waals surface area contributed by atoms with Gasteiger partial charge in [-0.3, -0.25) is 4.79 Å². The van der Waals surface area contributed by atoms with Gasteiger partial charge in [0.15, 0.2) is 5.78 Å². The zero-order valence-electron chi connectivity index (χ0n) is 56.4. The lowest BCUT2D eigenvalue weighted by atomic mass is 9.65. The molecule has 0 aliphatic heterocycles. The molecule has 12 rings (SSSR count). The van der Waals surface area contributed by atoms with E-state index in [0.29, 0.717) is 11.1 Å². The van der Waals surface area contributed by atoms with Crippen LogP contribution in [0.25, 0.3) is 41.7 Å². The van der Waals surface area contributed by atoms with E-state index in [0.717, 1.165) is 77.9 Å². The third-order valence-electron chi connectivity index (χ3n) is 20.8. The smallest absolute Gasteiger partial charge is 0.205 e. The number of nitriles is 3. The highest BCUT2D eigenvalue weighted by Gasteiger charge is 2.53. The Morgan fingerprint density at radius 2 is 0.905 bits per heavy atom. The molecule has 9 aromatic rings. The van der Waals surface area contributed by atoms with E-state index in [1.54, 1.807) is 17.4 Å². The fourth-order valence-corrected chi connectivity index (χ4v) is 18.2. The Bertz CT molecular complexity index is 4340. The van der Waals surface area contributed by atoms with Crippen molar-refractivity contribution in [3.05, 3.63) is 263 Å². The van der Waals surface area contributed by atoms with Crippen molar-refractivity contribution in [1.82, 2.24) is 0 Å². The maximum absolute atomic E-state index is 15.1. The molecular formula is C87H87N5OS2. The number of allylic oxidation sites excluding steroid dienone is 2. The molecule has 1 atom stereocenters. The number of carbonyl (C=O) groups excluding carboxylic acids is 1. The molecule has 2 heterocycles. The molecule has 3 aliphatic carbocycles. The Morgan fingerprint density at radius 3 is 1.29 bits per heavy atom. The molecule has 478 valence electrons. The zero-order valence-corrected chi connectivity index (χ0v) is 58.0. The van der Waals surface area contributed by atoms with E-state index in [9.17, 15) is 15.8 Å². The third-order valence-corrected chi connectivity index (χ3v) is 23.2. The predicted molar refractivity (Wildman–Crippen MR) is 395 cm³/mol. The molecule has 1 unspecified atom stereocenters. The SMILES string of the molecule is [C-]#[N+]c1cc2c(cc1C#N)C(=C(C#N)C#N)C(Cc1cc3c(s1)-c1cc4c(cc1C3(c1ccc(CCCCCC)cc1)c1ccc(CCCCCC)cc1)-c1sc(-c3ccc(N(C)C)cc3)cc1C4(c1ccc(CCCCCC)cc1)c1ccc(CCCCCC)cc1)C2=O. The number of thiophene rings is 2. The van der Waals surface area contributed by atoms with Crippen LogP contribution in [0.2, 0.25) is 0 Å². The van der Waals surface area contributed by atoms with Gasteiger partial charge in [0.25, 0.3) is 0 Å². The van der Waals surface area contributed by atoms with E-state index < -0.39 is 16.7 Å². The minimum Gasteiger partial charge on any atom is -0.378 e. The van der Waals surface area contributed by atoms with Crippen LogP contribution in [0.4, 0.5) is 11.4 Å². The number of nitrogens with zero attached hydrogens (tertiary/aromatic N) is 5. The van der Waals surface area contributed by atoms with Gasteiger partial charge in [-0.2, -0.15) is 15.8 Å². The topological polar surface area (TPSA) is 96.0 Å². The maximum atomic E-state index is 15.1. The van der Waals surface area contributed by atoms with Crippen molar-refractivity contribution in [3.8, 4) is 49.5 Å². The molecule has 0 saturated heterocycles. The summed E-state index contributed by atoms with van der Waals surface area (Å²) >= 11 is 3.62. The van der Waals surface area contributed by atoms with Crippen molar-refractivity contribution in [3.63, 3.8) is 0 Å². The Balaban J connectivity index is 1.13. The van der Waals surface area contributed by atoms with Crippen LogP contribution in [0.3, 0.4) is 0 Å². The average molecular weight is 1280 g/mol. The molecule has 0 saturated carbocycles. The van der Waals surface area contributed by atoms with E-state index in [-0.39, 0.29) is 34.6 Å². The first-order chi connectivity index (χ1) is 46.5. The van der Waals surface area contributed by atoms with E-state index in [2.05, 4.69) is 215 Å². The van der Waals surface area contributed by atoms with Gasteiger partial charge in [0.1, 0.15) is 17.7 Å². The monoisotopic (exact) mass is 1280 g/mol. The first-order valence-corrected chi connectivity index (χ1v) is 36.8. The number of unbranched alkanes of at least 4 members (excludes halogenated alkanes) is 12. The second-order valence-electron chi connectivity index (χ2n) is 27.0. The van der Waals surface area contributed by atoms with Crippen LogP contribution in [0.15, 0.2) is 163 Å². The van der Waals surface area contributed by atoms with Gasteiger partial charge in [0.05, 0.1) is 35.0 Å². The van der Waals surface area contributed by atoms with Gasteiger partial charge in [-0.15, -0.1) is 22.7 Å². The number of benzene rings is 7. The van der Waals surface area contributed by atoms with Gasteiger partial charge in [-0.1, -0.05) is 214 Å². The van der Waals surface area contributed by atoms with Crippen LogP contribution in [0, 0.1) is 46.5 Å². The Kier molecular flexibility index (Phi) is 20.5. The van der Waals surface area contributed by atoms with Gasteiger partial charge < -0.3 is 4.90 Å². The van der Waals surface area contributed by atoms with Gasteiger partial charge in [0, 0.05) is 44.9 Å². The summed E-state index contributed by atoms with van der Waals surface area (Å²) < 4.78 is 0. The summed E-state index contributed by atoms with van der Waals surface area (Å²) in [5.74, 6) is -1.14. The number of rotatable bonds is 28. The molecule has 8 heteroatoms. The largest absolute Gasteiger partial charge is 0.378 e. The molecular weight excluding hydrogens is 1200 g/mol. The number of fused-ring (bicyclic) bond motifs is 7. The van der Waals surface area contributed by atoms with Crippen LogP contribution in [0.1, 0.15) is 224 Å². The number of ketones is 1. The molecule has 7 aromatic carbocycles. The van der Waals surface area contributed by atoms with Crippen LogP contribution in [-0.4, -0.2) is 19.9 Å². The van der Waals surface area contributed by atoms with Gasteiger partial charge in [0.2, 0.25) is 5.69 Å². The molecule has 0 radical (unpaired) electrons. The van der Waals surface area contributed by atoms with Crippen LogP contribution < -0.4 is 4.90 Å². The highest BCUT2D eigenvalue weighted by Crippen LogP contribution is 2.66. The van der Waals surface area contributed by atoms with Crippen LogP contribution in [-0.2, 0) is 42.9 Å². The normalized spacial score (nSPS) is 14.3. The lowest BCUT2D eigenvalue weighted by Crippen LogP contribution is -2.30. The molecule has 0 fully saturated rings. The molecule has 0 bridgehead atoms. The lowest BCUT2D eigenvalue weighted by molar-refractivity contribution is 0.0958. The van der Waals surface area contributed by atoms with Crippen molar-refractivity contribution in [2.24, 2.45) is 5.92 Å². The second kappa shape index (κ2) is 29.4. The predicted octanol–water partition coefficient (Wildman–Crippen LogP) is 23.0. The zero-order chi connectivity index (χ0) is 66.2. The quantitative estimate of drug-likeness (QED) is 0.0277. The highest BCUT2D eigenvalue weighted by molar-refractivity contribution is 7.19.